The fourth-order valence-corrected chi connectivity index (χ4v) is 4.21. The molecule has 2 amide bonds. The van der Waals surface area contributed by atoms with Gasteiger partial charge in [-0.25, -0.2) is 9.37 Å². The molecule has 0 atom stereocenters. The number of carbonyl (C=O) groups is 2. The lowest BCUT2D eigenvalue weighted by molar-refractivity contribution is -0.137. The third-order valence-corrected chi connectivity index (χ3v) is 6.30. The molecule has 1 aliphatic rings. The number of likely N-dealkylation sites (N-methyl/N-ethyl adjacent to an activating group) is 1. The van der Waals surface area contributed by atoms with Crippen molar-refractivity contribution in [2.75, 3.05) is 48.8 Å². The lowest BCUT2D eigenvalue weighted by Crippen LogP contribution is -2.29. The minimum absolute atomic E-state index is 0.107. The molecule has 1 aliphatic heterocycles. The molecule has 0 unspecified atom stereocenters. The second-order valence-corrected chi connectivity index (χ2v) is 9.27. The van der Waals surface area contributed by atoms with Crippen LogP contribution in [0.2, 0.25) is 5.02 Å². The highest BCUT2D eigenvalue weighted by Crippen LogP contribution is 2.35. The molecule has 0 bridgehead atoms. The van der Waals surface area contributed by atoms with Crippen molar-refractivity contribution in [2.45, 2.75) is 12.6 Å². The van der Waals surface area contributed by atoms with Gasteiger partial charge in [-0.3, -0.25) is 9.59 Å². The molecule has 200 valence electrons. The molecule has 0 aliphatic carbocycles. The first kappa shape index (κ1) is 27.3. The summed E-state index contributed by atoms with van der Waals surface area (Å²) < 4.78 is 56.1. The molecular formula is C26H24ClF4N5O2. The zero-order valence-corrected chi connectivity index (χ0v) is 21.0. The molecule has 1 aromatic heterocycles. The van der Waals surface area contributed by atoms with Crippen LogP contribution in [-0.4, -0.2) is 54.9 Å². The molecule has 2 N–H and O–H groups in total. The van der Waals surface area contributed by atoms with Gasteiger partial charge in [0.15, 0.2) is 0 Å². The van der Waals surface area contributed by atoms with Gasteiger partial charge in [0.05, 0.1) is 27.4 Å². The number of amides is 2. The van der Waals surface area contributed by atoms with E-state index in [1.165, 1.54) is 24.4 Å². The van der Waals surface area contributed by atoms with Crippen molar-refractivity contribution < 1.29 is 27.2 Å². The monoisotopic (exact) mass is 549 g/mol. The predicted octanol–water partition coefficient (Wildman–Crippen LogP) is 5.54. The quantitative estimate of drug-likeness (QED) is 0.409. The van der Waals surface area contributed by atoms with Crippen LogP contribution in [0.15, 0.2) is 54.7 Å². The average Bonchev–Trinajstić information content (AvgIpc) is 3.10. The Morgan fingerprint density at radius 1 is 0.921 bits per heavy atom. The predicted molar refractivity (Wildman–Crippen MR) is 137 cm³/mol. The van der Waals surface area contributed by atoms with Crippen LogP contribution in [0, 0.1) is 5.82 Å². The molecule has 0 radical (unpaired) electrons. The summed E-state index contributed by atoms with van der Waals surface area (Å²) in [6.45, 7) is 2.68. The number of pyridine rings is 1. The van der Waals surface area contributed by atoms with E-state index in [1.54, 1.807) is 0 Å². The second-order valence-electron chi connectivity index (χ2n) is 8.83. The van der Waals surface area contributed by atoms with E-state index in [0.29, 0.717) is 30.3 Å². The molecule has 2 heterocycles. The molecular weight excluding hydrogens is 526 g/mol. The number of aromatic nitrogens is 1. The number of anilines is 3. The van der Waals surface area contributed by atoms with Crippen LogP contribution < -0.4 is 15.5 Å². The molecule has 38 heavy (non-hydrogen) atoms. The fourth-order valence-electron chi connectivity index (χ4n) is 4.10. The highest BCUT2D eigenvalue weighted by Gasteiger charge is 2.36. The Kier molecular flexibility index (Phi) is 8.17. The third kappa shape index (κ3) is 6.59. The highest BCUT2D eigenvalue weighted by molar-refractivity contribution is 6.30. The number of nitrogens with one attached hydrogen (secondary N) is 2. The maximum absolute atomic E-state index is 14.0. The van der Waals surface area contributed by atoms with E-state index in [2.05, 4.69) is 20.5 Å². The number of hydrogen-bond donors (Lipinski definition) is 2. The van der Waals surface area contributed by atoms with Crippen molar-refractivity contribution in [1.29, 1.82) is 0 Å². The van der Waals surface area contributed by atoms with Crippen LogP contribution in [0.3, 0.4) is 0 Å². The molecule has 0 saturated carbocycles. The van der Waals surface area contributed by atoms with E-state index < -0.39 is 34.9 Å². The van der Waals surface area contributed by atoms with Crippen molar-refractivity contribution in [3.8, 4) is 0 Å². The molecule has 3 aromatic rings. The standard InChI is InChI=1S/C26H24ClF4N5O2/c1-35-9-2-10-36(12-11-35)18-5-6-19(21(14-18)26(29,30)31)24(37)33-22-7-4-17(28)13-20(22)25(38)34-23-8-3-16(27)15-32-23/h3-8,13-15H,2,9-12H2,1H3,(H,33,37)(H,32,34,38). The zero-order chi connectivity index (χ0) is 27.4. The summed E-state index contributed by atoms with van der Waals surface area (Å²) in [6, 6.07) is 9.39. The molecule has 12 heteroatoms. The van der Waals surface area contributed by atoms with Crippen LogP contribution in [0.25, 0.3) is 0 Å². The van der Waals surface area contributed by atoms with E-state index in [0.717, 1.165) is 43.3 Å². The summed E-state index contributed by atoms with van der Waals surface area (Å²) >= 11 is 5.78. The van der Waals surface area contributed by atoms with Gasteiger partial charge in [-0.05, 0) is 68.5 Å². The Morgan fingerprint density at radius 2 is 1.68 bits per heavy atom. The Hall–Kier alpha value is -3.70. The summed E-state index contributed by atoms with van der Waals surface area (Å²) in [5.41, 5.74) is -1.84. The summed E-state index contributed by atoms with van der Waals surface area (Å²) in [5, 5.41) is 5.10. The average molecular weight is 550 g/mol. The summed E-state index contributed by atoms with van der Waals surface area (Å²) in [7, 11) is 1.95. The lowest BCUT2D eigenvalue weighted by Gasteiger charge is -2.24. The van der Waals surface area contributed by atoms with Gasteiger partial charge in [-0.2, -0.15) is 13.2 Å². The Labute approximate surface area is 221 Å². The van der Waals surface area contributed by atoms with Crippen molar-refractivity contribution in [3.05, 3.63) is 82.3 Å². The van der Waals surface area contributed by atoms with Crippen LogP contribution in [-0.2, 0) is 6.18 Å². The number of halogens is 5. The van der Waals surface area contributed by atoms with E-state index >= 15 is 0 Å². The first-order valence-electron chi connectivity index (χ1n) is 11.7. The number of benzene rings is 2. The van der Waals surface area contributed by atoms with Crippen LogP contribution in [0.1, 0.15) is 32.7 Å². The van der Waals surface area contributed by atoms with Gasteiger partial charge >= 0.3 is 6.18 Å². The van der Waals surface area contributed by atoms with E-state index in [4.69, 9.17) is 11.6 Å². The van der Waals surface area contributed by atoms with Crippen molar-refractivity contribution in [2.24, 2.45) is 0 Å². The van der Waals surface area contributed by atoms with Gasteiger partial charge in [-0.1, -0.05) is 11.6 Å². The summed E-state index contributed by atoms with van der Waals surface area (Å²) in [6.07, 6.45) is -2.73. The minimum Gasteiger partial charge on any atom is -0.370 e. The fraction of sp³-hybridized carbons (Fsp3) is 0.269. The molecule has 0 spiro atoms. The number of rotatable bonds is 5. The van der Waals surface area contributed by atoms with Crippen LogP contribution >= 0.6 is 11.6 Å². The largest absolute Gasteiger partial charge is 0.417 e. The maximum Gasteiger partial charge on any atom is 0.417 e. The van der Waals surface area contributed by atoms with Gasteiger partial charge in [0.1, 0.15) is 11.6 Å². The second kappa shape index (κ2) is 11.4. The summed E-state index contributed by atoms with van der Waals surface area (Å²) in [4.78, 5) is 33.7. The topological polar surface area (TPSA) is 77.6 Å². The van der Waals surface area contributed by atoms with Crippen molar-refractivity contribution >= 4 is 40.6 Å². The molecule has 7 nitrogen and oxygen atoms in total. The van der Waals surface area contributed by atoms with Crippen LogP contribution in [0.5, 0.6) is 0 Å². The van der Waals surface area contributed by atoms with Gasteiger partial charge in [0.25, 0.3) is 11.8 Å². The summed E-state index contributed by atoms with van der Waals surface area (Å²) in [5.74, 6) is -2.59. The van der Waals surface area contributed by atoms with Gasteiger partial charge in [-0.15, -0.1) is 0 Å². The number of alkyl halides is 3. The Morgan fingerprint density at radius 3 is 2.39 bits per heavy atom. The Bertz CT molecular complexity index is 1330. The maximum atomic E-state index is 14.0. The van der Waals surface area contributed by atoms with E-state index in [1.807, 2.05) is 11.9 Å². The smallest absolute Gasteiger partial charge is 0.370 e. The molecule has 2 aromatic carbocycles. The first-order valence-corrected chi connectivity index (χ1v) is 12.1. The number of hydrogen-bond acceptors (Lipinski definition) is 5. The van der Waals surface area contributed by atoms with E-state index in [-0.39, 0.29) is 17.1 Å². The van der Waals surface area contributed by atoms with E-state index in [9.17, 15) is 27.2 Å². The van der Waals surface area contributed by atoms with Gasteiger partial charge in [0.2, 0.25) is 0 Å². The van der Waals surface area contributed by atoms with Crippen molar-refractivity contribution in [1.82, 2.24) is 9.88 Å². The molecule has 4 rings (SSSR count). The lowest BCUT2D eigenvalue weighted by atomic mass is 10.0. The third-order valence-electron chi connectivity index (χ3n) is 6.08. The van der Waals surface area contributed by atoms with Crippen LogP contribution in [0.4, 0.5) is 34.8 Å². The number of carbonyl (C=O) groups excluding carboxylic acids is 2. The minimum atomic E-state index is -4.81. The Balaban J connectivity index is 1.61. The van der Waals surface area contributed by atoms with Gasteiger partial charge in [0, 0.05) is 31.5 Å². The zero-order valence-electron chi connectivity index (χ0n) is 20.3. The normalized spacial score (nSPS) is 14.6. The number of nitrogens with zero attached hydrogens (tertiary/aromatic N) is 3. The molecule has 1 saturated heterocycles. The van der Waals surface area contributed by atoms with Crippen molar-refractivity contribution in [3.63, 3.8) is 0 Å². The highest BCUT2D eigenvalue weighted by atomic mass is 35.5. The first-order chi connectivity index (χ1) is 18.0. The SMILES string of the molecule is CN1CCCN(c2ccc(C(=O)Nc3ccc(F)cc3C(=O)Nc3ccc(Cl)cn3)c(C(F)(F)F)c2)CC1. The molecule has 1 fully saturated rings. The van der Waals surface area contributed by atoms with Gasteiger partial charge < -0.3 is 20.4 Å².